The first-order valence-electron chi connectivity index (χ1n) is 6.94. The number of furan rings is 1. The van der Waals surface area contributed by atoms with Crippen LogP contribution in [0.3, 0.4) is 0 Å². The monoisotopic (exact) mass is 313 g/mol. The van der Waals surface area contributed by atoms with E-state index in [0.29, 0.717) is 12.3 Å². The number of aromatic nitrogens is 3. The Bertz CT molecular complexity index is 851. The molecule has 0 bridgehead atoms. The highest BCUT2D eigenvalue weighted by Crippen LogP contribution is 2.26. The summed E-state index contributed by atoms with van der Waals surface area (Å²) >= 11 is 0. The fraction of sp³-hybridized carbons (Fsp3) is 0.188. The molecule has 23 heavy (non-hydrogen) atoms. The van der Waals surface area contributed by atoms with Gasteiger partial charge in [0.15, 0.2) is 0 Å². The van der Waals surface area contributed by atoms with Crippen LogP contribution in [0.25, 0.3) is 11.3 Å². The lowest BCUT2D eigenvalue weighted by Gasteiger charge is -2.08. The van der Waals surface area contributed by atoms with Crippen LogP contribution in [0.15, 0.2) is 40.9 Å². The van der Waals surface area contributed by atoms with Gasteiger partial charge in [0.2, 0.25) is 5.76 Å². The van der Waals surface area contributed by atoms with Gasteiger partial charge in [-0.1, -0.05) is 5.21 Å². The van der Waals surface area contributed by atoms with Crippen molar-refractivity contribution in [2.75, 3.05) is 7.11 Å². The Balaban J connectivity index is 1.89. The van der Waals surface area contributed by atoms with Gasteiger partial charge in [-0.15, -0.1) is 5.10 Å². The number of hydrogen-bond acceptors (Lipinski definition) is 5. The number of ether oxygens (including phenoxy) is 1. The van der Waals surface area contributed by atoms with E-state index in [1.165, 1.54) is 6.07 Å². The van der Waals surface area contributed by atoms with Gasteiger partial charge in [0.25, 0.3) is 0 Å². The van der Waals surface area contributed by atoms with E-state index in [0.717, 1.165) is 22.6 Å². The summed E-state index contributed by atoms with van der Waals surface area (Å²) in [7, 11) is 1.63. The van der Waals surface area contributed by atoms with Crippen molar-refractivity contribution in [2.45, 2.75) is 13.5 Å². The van der Waals surface area contributed by atoms with Crippen molar-refractivity contribution < 1.29 is 19.1 Å². The zero-order valence-corrected chi connectivity index (χ0v) is 12.7. The minimum atomic E-state index is -1.10. The predicted molar refractivity (Wildman–Crippen MR) is 81.5 cm³/mol. The van der Waals surface area contributed by atoms with E-state index in [2.05, 4.69) is 10.3 Å². The van der Waals surface area contributed by atoms with Crippen molar-refractivity contribution in [1.29, 1.82) is 0 Å². The number of carbonyl (C=O) groups is 1. The molecule has 0 aliphatic heterocycles. The van der Waals surface area contributed by atoms with Crippen LogP contribution in [-0.4, -0.2) is 33.2 Å². The Morgan fingerprint density at radius 1 is 1.35 bits per heavy atom. The molecule has 0 amide bonds. The zero-order valence-electron chi connectivity index (χ0n) is 12.7. The Hall–Kier alpha value is -3.09. The molecule has 1 N–H and O–H groups in total. The van der Waals surface area contributed by atoms with Crippen LogP contribution in [0.5, 0.6) is 5.75 Å². The molecule has 0 radical (unpaired) electrons. The minimum Gasteiger partial charge on any atom is -0.496 e. The van der Waals surface area contributed by atoms with E-state index < -0.39 is 5.97 Å². The van der Waals surface area contributed by atoms with Gasteiger partial charge in [0, 0.05) is 5.56 Å². The van der Waals surface area contributed by atoms with Crippen LogP contribution in [0, 0.1) is 6.92 Å². The highest BCUT2D eigenvalue weighted by atomic mass is 16.5. The standard InChI is InChI=1S/C16H15N3O4/c1-10-7-11(3-5-14(10)22-2)13-8-17-18-19(13)9-12-4-6-15(23-12)16(20)21/h3-8H,9H2,1-2H3,(H,20,21). The topological polar surface area (TPSA) is 90.4 Å². The predicted octanol–water partition coefficient (Wildman–Crippen LogP) is 2.60. The summed E-state index contributed by atoms with van der Waals surface area (Å²) in [5, 5.41) is 16.9. The lowest BCUT2D eigenvalue weighted by atomic mass is 10.1. The number of carboxylic acids is 1. The number of rotatable bonds is 5. The Labute approximate surface area is 132 Å². The average molecular weight is 313 g/mol. The molecule has 2 heterocycles. The van der Waals surface area contributed by atoms with Crippen molar-refractivity contribution in [2.24, 2.45) is 0 Å². The van der Waals surface area contributed by atoms with Crippen molar-refractivity contribution in [1.82, 2.24) is 15.0 Å². The number of methoxy groups -OCH3 is 1. The van der Waals surface area contributed by atoms with Gasteiger partial charge in [-0.25, -0.2) is 9.48 Å². The smallest absolute Gasteiger partial charge is 0.371 e. The highest BCUT2D eigenvalue weighted by Gasteiger charge is 2.13. The third-order valence-corrected chi connectivity index (χ3v) is 3.49. The third-order valence-electron chi connectivity index (χ3n) is 3.49. The largest absolute Gasteiger partial charge is 0.496 e. The van der Waals surface area contributed by atoms with Gasteiger partial charge in [-0.3, -0.25) is 0 Å². The maximum absolute atomic E-state index is 10.9. The van der Waals surface area contributed by atoms with Gasteiger partial charge in [-0.05, 0) is 42.8 Å². The van der Waals surface area contributed by atoms with Gasteiger partial charge in [0.1, 0.15) is 18.1 Å². The first kappa shape index (κ1) is 14.8. The molecule has 1 aromatic carbocycles. The molecule has 0 aliphatic rings. The molecule has 3 rings (SSSR count). The van der Waals surface area contributed by atoms with Crippen molar-refractivity contribution >= 4 is 5.97 Å². The lowest BCUT2D eigenvalue weighted by molar-refractivity contribution is 0.0660. The van der Waals surface area contributed by atoms with Gasteiger partial charge >= 0.3 is 5.97 Å². The quantitative estimate of drug-likeness (QED) is 0.778. The van der Waals surface area contributed by atoms with Crippen LogP contribution in [0.1, 0.15) is 21.9 Å². The summed E-state index contributed by atoms with van der Waals surface area (Å²) in [6.45, 7) is 2.26. The third kappa shape index (κ3) is 2.94. The van der Waals surface area contributed by atoms with E-state index in [4.69, 9.17) is 14.3 Å². The molecule has 0 atom stereocenters. The molecule has 0 saturated carbocycles. The Morgan fingerprint density at radius 2 is 2.17 bits per heavy atom. The van der Waals surface area contributed by atoms with Crippen LogP contribution in [0.2, 0.25) is 0 Å². The fourth-order valence-corrected chi connectivity index (χ4v) is 2.36. The highest BCUT2D eigenvalue weighted by molar-refractivity contribution is 5.84. The van der Waals surface area contributed by atoms with Crippen LogP contribution < -0.4 is 4.74 Å². The van der Waals surface area contributed by atoms with Gasteiger partial charge in [-0.2, -0.15) is 0 Å². The second-order valence-corrected chi connectivity index (χ2v) is 5.03. The van der Waals surface area contributed by atoms with E-state index in [1.807, 2.05) is 25.1 Å². The van der Waals surface area contributed by atoms with Crippen LogP contribution in [0.4, 0.5) is 0 Å². The summed E-state index contributed by atoms with van der Waals surface area (Å²) < 4.78 is 12.2. The number of aromatic carboxylic acids is 1. The minimum absolute atomic E-state index is 0.0954. The van der Waals surface area contributed by atoms with E-state index >= 15 is 0 Å². The van der Waals surface area contributed by atoms with E-state index in [-0.39, 0.29) is 5.76 Å². The number of hydrogen-bond donors (Lipinski definition) is 1. The van der Waals surface area contributed by atoms with Crippen LogP contribution >= 0.6 is 0 Å². The van der Waals surface area contributed by atoms with Crippen molar-refractivity contribution in [3.63, 3.8) is 0 Å². The SMILES string of the molecule is COc1ccc(-c2cnnn2Cc2ccc(C(=O)O)o2)cc1C. The molecule has 0 unspecified atom stereocenters. The second kappa shape index (κ2) is 5.96. The molecule has 3 aromatic rings. The van der Waals surface area contributed by atoms with Gasteiger partial charge in [0.05, 0.1) is 19.0 Å². The zero-order chi connectivity index (χ0) is 16.4. The van der Waals surface area contributed by atoms with Gasteiger partial charge < -0.3 is 14.3 Å². The average Bonchev–Trinajstić information content (AvgIpc) is 3.17. The molecule has 0 aliphatic carbocycles. The summed E-state index contributed by atoms with van der Waals surface area (Å²) in [5.74, 6) is 0.118. The fourth-order valence-electron chi connectivity index (χ4n) is 2.36. The number of benzene rings is 1. The molecule has 2 aromatic heterocycles. The molecule has 0 saturated heterocycles. The summed E-state index contributed by atoms with van der Waals surface area (Å²) in [4.78, 5) is 10.9. The number of nitrogens with zero attached hydrogens (tertiary/aromatic N) is 3. The Kier molecular flexibility index (Phi) is 3.84. The Morgan fingerprint density at radius 3 is 2.83 bits per heavy atom. The van der Waals surface area contributed by atoms with E-state index in [9.17, 15) is 4.79 Å². The van der Waals surface area contributed by atoms with E-state index in [1.54, 1.807) is 24.1 Å². The molecule has 7 heteroatoms. The normalized spacial score (nSPS) is 10.7. The molecular formula is C16H15N3O4. The summed E-state index contributed by atoms with van der Waals surface area (Å²) in [5.41, 5.74) is 2.76. The summed E-state index contributed by atoms with van der Waals surface area (Å²) in [6.07, 6.45) is 1.66. The first-order valence-corrected chi connectivity index (χ1v) is 6.94. The van der Waals surface area contributed by atoms with Crippen molar-refractivity contribution in [3.05, 3.63) is 53.6 Å². The molecular weight excluding hydrogens is 298 g/mol. The molecule has 7 nitrogen and oxygen atoms in total. The maximum atomic E-state index is 10.9. The number of aryl methyl sites for hydroxylation is 1. The lowest BCUT2D eigenvalue weighted by Crippen LogP contribution is -2.03. The first-order chi connectivity index (χ1) is 11.1. The number of carboxylic acid groups (broad SMARTS) is 1. The maximum Gasteiger partial charge on any atom is 0.371 e. The van der Waals surface area contributed by atoms with Crippen molar-refractivity contribution in [3.8, 4) is 17.0 Å². The summed E-state index contributed by atoms with van der Waals surface area (Å²) in [6, 6.07) is 8.84. The molecule has 118 valence electrons. The molecule has 0 fully saturated rings. The van der Waals surface area contributed by atoms with Crippen LogP contribution in [-0.2, 0) is 6.54 Å². The molecule has 0 spiro atoms. The second-order valence-electron chi connectivity index (χ2n) is 5.03.